The molecule has 0 aliphatic heterocycles. The van der Waals surface area contributed by atoms with Gasteiger partial charge in [-0.15, -0.1) is 0 Å². The minimum Gasteiger partial charge on any atom is -0.508 e. The molecule has 20 heavy (non-hydrogen) atoms. The fourth-order valence-electron chi connectivity index (χ4n) is 1.55. The summed E-state index contributed by atoms with van der Waals surface area (Å²) in [5.41, 5.74) is -0.627. The van der Waals surface area contributed by atoms with E-state index in [9.17, 15) is 18.3 Å². The lowest BCUT2D eigenvalue weighted by molar-refractivity contribution is -0.137. The van der Waals surface area contributed by atoms with Crippen LogP contribution in [0.2, 0.25) is 5.02 Å². The minimum absolute atomic E-state index is 0.0361. The van der Waals surface area contributed by atoms with E-state index in [4.69, 9.17) is 16.3 Å². The molecule has 0 heterocycles. The summed E-state index contributed by atoms with van der Waals surface area (Å²) in [7, 11) is 0. The van der Waals surface area contributed by atoms with E-state index in [1.165, 1.54) is 6.07 Å². The Hall–Kier alpha value is -1.88. The summed E-state index contributed by atoms with van der Waals surface area (Å²) in [5, 5.41) is 10.1. The van der Waals surface area contributed by atoms with Crippen LogP contribution in [0.1, 0.15) is 11.1 Å². The number of hydrogen-bond acceptors (Lipinski definition) is 2. The zero-order chi connectivity index (χ0) is 14.8. The third kappa shape index (κ3) is 3.57. The monoisotopic (exact) mass is 302 g/mol. The molecule has 0 spiro atoms. The fraction of sp³-hybridized carbons (Fsp3) is 0.143. The smallest absolute Gasteiger partial charge is 0.416 e. The number of rotatable bonds is 3. The number of benzene rings is 2. The molecular formula is C14H10ClF3O2. The fourth-order valence-corrected chi connectivity index (χ4v) is 1.68. The molecule has 0 saturated carbocycles. The zero-order valence-corrected chi connectivity index (χ0v) is 10.9. The maximum Gasteiger partial charge on any atom is 0.416 e. The molecule has 2 nitrogen and oxygen atoms in total. The molecule has 2 rings (SSSR count). The minimum atomic E-state index is -4.48. The standard InChI is InChI=1S/C14H10ClF3O2/c15-11-3-5-12(6-4-11)20-8-9-1-2-10(7-13(9)19)14(16,17)18/h1-7,19H,8H2. The van der Waals surface area contributed by atoms with Crippen molar-refractivity contribution >= 4 is 11.6 Å². The topological polar surface area (TPSA) is 29.5 Å². The summed E-state index contributed by atoms with van der Waals surface area (Å²) in [6.07, 6.45) is -4.48. The van der Waals surface area contributed by atoms with Crippen LogP contribution in [0, 0.1) is 0 Å². The van der Waals surface area contributed by atoms with E-state index < -0.39 is 17.5 Å². The highest BCUT2D eigenvalue weighted by atomic mass is 35.5. The van der Waals surface area contributed by atoms with Crippen molar-refractivity contribution in [2.24, 2.45) is 0 Å². The molecule has 1 N–H and O–H groups in total. The van der Waals surface area contributed by atoms with Crippen molar-refractivity contribution in [3.63, 3.8) is 0 Å². The van der Waals surface area contributed by atoms with Crippen LogP contribution in [-0.4, -0.2) is 5.11 Å². The van der Waals surface area contributed by atoms with E-state index in [2.05, 4.69) is 0 Å². The van der Waals surface area contributed by atoms with Gasteiger partial charge in [0.15, 0.2) is 0 Å². The highest BCUT2D eigenvalue weighted by molar-refractivity contribution is 6.30. The van der Waals surface area contributed by atoms with E-state index >= 15 is 0 Å². The molecule has 0 saturated heterocycles. The van der Waals surface area contributed by atoms with Gasteiger partial charge in [-0.05, 0) is 36.4 Å². The van der Waals surface area contributed by atoms with Crippen molar-refractivity contribution in [1.29, 1.82) is 0 Å². The number of phenols is 1. The van der Waals surface area contributed by atoms with Gasteiger partial charge >= 0.3 is 6.18 Å². The molecule has 0 aromatic heterocycles. The van der Waals surface area contributed by atoms with E-state index in [1.54, 1.807) is 24.3 Å². The maximum atomic E-state index is 12.4. The molecular weight excluding hydrogens is 293 g/mol. The summed E-state index contributed by atoms with van der Waals surface area (Å²) in [5.74, 6) is 0.0579. The Kier molecular flexibility index (Phi) is 4.09. The van der Waals surface area contributed by atoms with Crippen molar-refractivity contribution < 1.29 is 23.0 Å². The quantitative estimate of drug-likeness (QED) is 0.894. The van der Waals surface area contributed by atoms with Gasteiger partial charge in [-0.3, -0.25) is 0 Å². The number of aromatic hydroxyl groups is 1. The Morgan fingerprint density at radius 3 is 2.25 bits per heavy atom. The Morgan fingerprint density at radius 2 is 1.70 bits per heavy atom. The molecule has 0 atom stereocenters. The number of ether oxygens (including phenoxy) is 1. The Labute approximate surface area is 118 Å². The summed E-state index contributed by atoms with van der Waals surface area (Å²) < 4.78 is 42.7. The average molecular weight is 303 g/mol. The molecule has 0 radical (unpaired) electrons. The predicted molar refractivity (Wildman–Crippen MR) is 68.9 cm³/mol. The van der Waals surface area contributed by atoms with E-state index in [1.807, 2.05) is 0 Å². The van der Waals surface area contributed by atoms with Crippen LogP contribution in [0.4, 0.5) is 13.2 Å². The molecule has 2 aromatic rings. The number of hydrogen-bond donors (Lipinski definition) is 1. The summed E-state index contributed by atoms with van der Waals surface area (Å²) in [6, 6.07) is 9.29. The maximum absolute atomic E-state index is 12.4. The second kappa shape index (κ2) is 5.63. The van der Waals surface area contributed by atoms with Crippen LogP contribution in [-0.2, 0) is 12.8 Å². The van der Waals surface area contributed by atoms with Crippen LogP contribution >= 0.6 is 11.6 Å². The lowest BCUT2D eigenvalue weighted by Gasteiger charge is -2.11. The van der Waals surface area contributed by atoms with E-state index in [0.717, 1.165) is 6.07 Å². The average Bonchev–Trinajstić information content (AvgIpc) is 2.38. The Balaban J connectivity index is 2.08. The molecule has 0 aliphatic rings. The summed E-state index contributed by atoms with van der Waals surface area (Å²) in [6.45, 7) is -0.0361. The molecule has 0 aliphatic carbocycles. The highest BCUT2D eigenvalue weighted by Gasteiger charge is 2.31. The summed E-state index contributed by atoms with van der Waals surface area (Å²) >= 11 is 5.71. The van der Waals surface area contributed by atoms with Gasteiger partial charge in [0.25, 0.3) is 0 Å². The first-order valence-electron chi connectivity index (χ1n) is 5.64. The Bertz CT molecular complexity index is 594. The first-order chi connectivity index (χ1) is 9.36. The van der Waals surface area contributed by atoms with Crippen LogP contribution in [0.25, 0.3) is 0 Å². The molecule has 0 amide bonds. The molecule has 0 fully saturated rings. The van der Waals surface area contributed by atoms with Gasteiger partial charge < -0.3 is 9.84 Å². The molecule has 106 valence electrons. The second-order valence-corrected chi connectivity index (χ2v) is 4.52. The molecule has 0 unspecified atom stereocenters. The van der Waals surface area contributed by atoms with Gasteiger partial charge in [0.05, 0.1) is 5.56 Å². The second-order valence-electron chi connectivity index (χ2n) is 4.08. The third-order valence-corrected chi connectivity index (χ3v) is 2.87. The first kappa shape index (κ1) is 14.5. The van der Waals surface area contributed by atoms with Crippen LogP contribution in [0.3, 0.4) is 0 Å². The highest BCUT2D eigenvalue weighted by Crippen LogP contribution is 2.33. The Morgan fingerprint density at radius 1 is 1.05 bits per heavy atom. The van der Waals surface area contributed by atoms with Gasteiger partial charge in [0.1, 0.15) is 18.1 Å². The van der Waals surface area contributed by atoms with Gasteiger partial charge in [-0.25, -0.2) is 0 Å². The summed E-state index contributed by atoms with van der Waals surface area (Å²) in [4.78, 5) is 0. The van der Waals surface area contributed by atoms with Gasteiger partial charge in [0, 0.05) is 10.6 Å². The van der Waals surface area contributed by atoms with Crippen molar-refractivity contribution in [3.8, 4) is 11.5 Å². The van der Waals surface area contributed by atoms with Crippen molar-refractivity contribution in [1.82, 2.24) is 0 Å². The largest absolute Gasteiger partial charge is 0.508 e. The number of phenolic OH excluding ortho intramolecular Hbond substituents is 1. The number of halogens is 4. The normalized spacial score (nSPS) is 11.4. The van der Waals surface area contributed by atoms with Crippen LogP contribution in [0.5, 0.6) is 11.5 Å². The molecule has 2 aromatic carbocycles. The SMILES string of the molecule is Oc1cc(C(F)(F)F)ccc1COc1ccc(Cl)cc1. The van der Waals surface area contributed by atoms with Crippen molar-refractivity contribution in [3.05, 3.63) is 58.6 Å². The van der Waals surface area contributed by atoms with E-state index in [0.29, 0.717) is 16.8 Å². The lowest BCUT2D eigenvalue weighted by atomic mass is 10.1. The first-order valence-corrected chi connectivity index (χ1v) is 6.01. The third-order valence-electron chi connectivity index (χ3n) is 2.62. The molecule has 6 heteroatoms. The zero-order valence-electron chi connectivity index (χ0n) is 10.1. The van der Waals surface area contributed by atoms with Gasteiger partial charge in [0.2, 0.25) is 0 Å². The predicted octanol–water partition coefficient (Wildman–Crippen LogP) is 4.64. The van der Waals surface area contributed by atoms with Gasteiger partial charge in [-0.1, -0.05) is 17.7 Å². The van der Waals surface area contributed by atoms with E-state index in [-0.39, 0.29) is 12.2 Å². The van der Waals surface area contributed by atoms with Crippen LogP contribution in [0.15, 0.2) is 42.5 Å². The number of alkyl halides is 3. The van der Waals surface area contributed by atoms with Crippen LogP contribution < -0.4 is 4.74 Å². The van der Waals surface area contributed by atoms with Crippen molar-refractivity contribution in [2.45, 2.75) is 12.8 Å². The van der Waals surface area contributed by atoms with Crippen molar-refractivity contribution in [2.75, 3.05) is 0 Å². The lowest BCUT2D eigenvalue weighted by Crippen LogP contribution is -2.05. The van der Waals surface area contributed by atoms with Gasteiger partial charge in [-0.2, -0.15) is 13.2 Å². The molecule has 0 bridgehead atoms.